The van der Waals surface area contributed by atoms with Crippen LogP contribution in [0.4, 0.5) is 16.2 Å². The predicted molar refractivity (Wildman–Crippen MR) is 179 cm³/mol. The van der Waals surface area contributed by atoms with Crippen molar-refractivity contribution in [1.29, 1.82) is 5.26 Å². The van der Waals surface area contributed by atoms with Crippen molar-refractivity contribution in [2.45, 2.75) is 24.3 Å². The van der Waals surface area contributed by atoms with E-state index in [-0.39, 0.29) is 45.4 Å². The van der Waals surface area contributed by atoms with Gasteiger partial charge in [0.1, 0.15) is 16.4 Å². The molecule has 3 amide bonds. The number of nitriles is 1. The maximum atomic E-state index is 15.1. The number of rotatable bonds is 8. The minimum Gasteiger partial charge on any atom is -0.495 e. The fourth-order valence-corrected chi connectivity index (χ4v) is 7.86. The third kappa shape index (κ3) is 5.43. The van der Waals surface area contributed by atoms with E-state index in [1.54, 1.807) is 67.5 Å². The number of benzene rings is 3. The highest BCUT2D eigenvalue weighted by atomic mass is 32.2. The van der Waals surface area contributed by atoms with Crippen molar-refractivity contribution >= 4 is 33.3 Å². The molecule has 0 aliphatic carbocycles. The summed E-state index contributed by atoms with van der Waals surface area (Å²) in [6.07, 6.45) is 3.41. The zero-order valence-electron chi connectivity index (χ0n) is 26.7. The SMILES string of the molecule is CCOc1ccccc1C1(NC(=O)N2CCN(c3ccncc3)CC2)C(=O)N(S(=O)(=O)c2ccc(C)cc2OC)c2ccc(C#N)cc21. The van der Waals surface area contributed by atoms with Crippen LogP contribution in [0.15, 0.2) is 90.1 Å². The number of ether oxygens (including phenoxy) is 2. The van der Waals surface area contributed by atoms with Crippen molar-refractivity contribution < 1.29 is 27.5 Å². The Morgan fingerprint density at radius 2 is 1.71 bits per heavy atom. The first-order chi connectivity index (χ1) is 23.1. The lowest BCUT2D eigenvalue weighted by Gasteiger charge is -2.38. The topological polar surface area (TPSA) is 145 Å². The molecule has 1 atom stereocenters. The maximum Gasteiger partial charge on any atom is 0.318 e. The van der Waals surface area contributed by atoms with Crippen LogP contribution in [0.25, 0.3) is 0 Å². The average molecular weight is 667 g/mol. The number of piperazine rings is 1. The van der Waals surface area contributed by atoms with Gasteiger partial charge in [-0.1, -0.05) is 24.3 Å². The molecule has 0 spiro atoms. The van der Waals surface area contributed by atoms with Gasteiger partial charge in [-0.25, -0.2) is 13.2 Å². The second kappa shape index (κ2) is 12.9. The molecule has 2 aliphatic heterocycles. The van der Waals surface area contributed by atoms with Gasteiger partial charge < -0.3 is 24.6 Å². The van der Waals surface area contributed by atoms with Crippen LogP contribution in [-0.2, 0) is 20.4 Å². The van der Waals surface area contributed by atoms with Gasteiger partial charge in [-0.3, -0.25) is 9.78 Å². The molecule has 1 fully saturated rings. The summed E-state index contributed by atoms with van der Waals surface area (Å²) >= 11 is 0. The summed E-state index contributed by atoms with van der Waals surface area (Å²) in [6, 6.07) is 20.8. The van der Waals surface area contributed by atoms with Gasteiger partial charge in [0.2, 0.25) is 0 Å². The number of pyridine rings is 1. The van der Waals surface area contributed by atoms with E-state index in [1.165, 1.54) is 31.4 Å². The molecule has 12 nitrogen and oxygen atoms in total. The Morgan fingerprint density at radius 3 is 2.40 bits per heavy atom. The Labute approximate surface area is 279 Å². The minimum atomic E-state index is -4.62. The van der Waals surface area contributed by atoms with Gasteiger partial charge in [0.15, 0.2) is 5.54 Å². The number of methoxy groups -OCH3 is 1. The quantitative estimate of drug-likeness (QED) is 0.293. The van der Waals surface area contributed by atoms with Gasteiger partial charge in [-0.15, -0.1) is 0 Å². The molecule has 6 rings (SSSR count). The van der Waals surface area contributed by atoms with E-state index in [9.17, 15) is 18.5 Å². The molecule has 3 aromatic carbocycles. The van der Waals surface area contributed by atoms with Crippen LogP contribution in [0.5, 0.6) is 11.5 Å². The van der Waals surface area contributed by atoms with Gasteiger partial charge in [-0.05, 0) is 67.9 Å². The number of fused-ring (bicyclic) bond motifs is 1. The van der Waals surface area contributed by atoms with Gasteiger partial charge >= 0.3 is 6.03 Å². The molecule has 1 saturated heterocycles. The zero-order valence-corrected chi connectivity index (χ0v) is 27.5. The highest BCUT2D eigenvalue weighted by molar-refractivity contribution is 7.93. The number of nitrogens with zero attached hydrogens (tertiary/aromatic N) is 5. The molecule has 1 unspecified atom stereocenters. The third-order valence-corrected chi connectivity index (χ3v) is 10.3. The van der Waals surface area contributed by atoms with E-state index in [1.807, 2.05) is 12.1 Å². The molecule has 3 heterocycles. The van der Waals surface area contributed by atoms with Gasteiger partial charge in [0, 0.05) is 55.4 Å². The first kappa shape index (κ1) is 32.3. The first-order valence-electron chi connectivity index (χ1n) is 15.4. The van der Waals surface area contributed by atoms with Crippen LogP contribution in [0.1, 0.15) is 29.2 Å². The van der Waals surface area contributed by atoms with E-state index in [2.05, 4.69) is 21.3 Å². The molecule has 246 valence electrons. The molecular formula is C35H34N6O6S. The Hall–Kier alpha value is -5.61. The number of aryl methyl sites for hydroxylation is 1. The molecule has 13 heteroatoms. The van der Waals surface area contributed by atoms with E-state index in [4.69, 9.17) is 9.47 Å². The second-order valence-corrected chi connectivity index (χ2v) is 13.1. The first-order valence-corrected chi connectivity index (χ1v) is 16.8. The second-order valence-electron chi connectivity index (χ2n) is 11.4. The van der Waals surface area contributed by atoms with Crippen molar-refractivity contribution in [3.8, 4) is 17.6 Å². The van der Waals surface area contributed by atoms with E-state index < -0.39 is 27.5 Å². The summed E-state index contributed by atoms with van der Waals surface area (Å²) in [5, 5.41) is 12.9. The summed E-state index contributed by atoms with van der Waals surface area (Å²) in [5.41, 5.74) is 0.168. The number of anilines is 2. The lowest BCUT2D eigenvalue weighted by molar-refractivity contribution is -0.121. The smallest absolute Gasteiger partial charge is 0.318 e. The fourth-order valence-electron chi connectivity index (χ4n) is 6.25. The van der Waals surface area contributed by atoms with Crippen molar-refractivity contribution in [1.82, 2.24) is 15.2 Å². The Balaban J connectivity index is 1.50. The summed E-state index contributed by atoms with van der Waals surface area (Å²) in [4.78, 5) is 36.9. The monoisotopic (exact) mass is 666 g/mol. The number of carbonyl (C=O) groups is 2. The number of para-hydroxylation sites is 1. The lowest BCUT2D eigenvalue weighted by atomic mass is 9.82. The van der Waals surface area contributed by atoms with Crippen molar-refractivity contribution in [2.75, 3.05) is 49.1 Å². The normalized spacial score (nSPS) is 17.5. The largest absolute Gasteiger partial charge is 0.495 e. The third-order valence-electron chi connectivity index (χ3n) is 8.57. The number of hydrogen-bond acceptors (Lipinski definition) is 9. The van der Waals surface area contributed by atoms with Crippen molar-refractivity contribution in [2.24, 2.45) is 0 Å². The van der Waals surface area contributed by atoms with E-state index in [0.717, 1.165) is 11.3 Å². The molecular weight excluding hydrogens is 632 g/mol. The zero-order chi connectivity index (χ0) is 34.1. The number of nitrogens with one attached hydrogen (secondary N) is 1. The van der Waals surface area contributed by atoms with Crippen LogP contribution in [0, 0.1) is 18.3 Å². The van der Waals surface area contributed by atoms with Crippen molar-refractivity contribution in [3.05, 3.63) is 107 Å². The number of hydrogen-bond donors (Lipinski definition) is 1. The molecule has 1 aromatic heterocycles. The van der Waals surface area contributed by atoms with Crippen LogP contribution >= 0.6 is 0 Å². The van der Waals surface area contributed by atoms with Gasteiger partial charge in [0.05, 0.1) is 31.0 Å². The highest BCUT2D eigenvalue weighted by Gasteiger charge is 2.59. The summed E-state index contributed by atoms with van der Waals surface area (Å²) in [5.74, 6) is -0.621. The standard InChI is InChI=1S/C35H34N6O6S/c1-4-47-30-8-6-5-7-27(30)35(38-34(43)40-19-17-39(18-20-40)26-13-15-37-16-14-26)28-22-25(23-36)10-11-29(28)41(33(35)42)48(44,45)32-12-9-24(2)21-31(32)46-3/h5-16,21-22H,4,17-20H2,1-3H3,(H,38,43). The van der Waals surface area contributed by atoms with Gasteiger partial charge in [0.25, 0.3) is 15.9 Å². The molecule has 0 saturated carbocycles. The molecule has 48 heavy (non-hydrogen) atoms. The summed E-state index contributed by atoms with van der Waals surface area (Å²) in [6.45, 7) is 5.52. The highest BCUT2D eigenvalue weighted by Crippen LogP contribution is 2.50. The maximum absolute atomic E-state index is 15.1. The fraction of sp³-hybridized carbons (Fsp3) is 0.257. The lowest BCUT2D eigenvalue weighted by Crippen LogP contribution is -2.60. The van der Waals surface area contributed by atoms with Crippen LogP contribution in [0.3, 0.4) is 0 Å². The number of sulfonamides is 1. The minimum absolute atomic E-state index is 0.00395. The summed E-state index contributed by atoms with van der Waals surface area (Å²) < 4.78 is 41.2. The summed E-state index contributed by atoms with van der Waals surface area (Å²) in [7, 11) is -3.27. The number of aromatic nitrogens is 1. The molecule has 4 aromatic rings. The van der Waals surface area contributed by atoms with E-state index >= 15 is 4.79 Å². The van der Waals surface area contributed by atoms with Crippen molar-refractivity contribution in [3.63, 3.8) is 0 Å². The molecule has 0 bridgehead atoms. The number of amides is 3. The van der Waals surface area contributed by atoms with Crippen LogP contribution in [-0.4, -0.2) is 70.1 Å². The average Bonchev–Trinajstić information content (AvgIpc) is 3.36. The molecule has 0 radical (unpaired) electrons. The number of carbonyl (C=O) groups excluding carboxylic acids is 2. The van der Waals surface area contributed by atoms with Crippen LogP contribution in [0.2, 0.25) is 0 Å². The van der Waals surface area contributed by atoms with Crippen LogP contribution < -0.4 is 24.0 Å². The van der Waals surface area contributed by atoms with Gasteiger partial charge in [-0.2, -0.15) is 9.57 Å². The van der Waals surface area contributed by atoms with E-state index in [0.29, 0.717) is 30.5 Å². The molecule has 2 aliphatic rings. The predicted octanol–water partition coefficient (Wildman–Crippen LogP) is 4.18. The number of urea groups is 1. The Morgan fingerprint density at radius 1 is 0.979 bits per heavy atom. The Bertz CT molecular complexity index is 2020. The molecule has 1 N–H and O–H groups in total. The Kier molecular flexibility index (Phi) is 8.68.